The lowest BCUT2D eigenvalue weighted by Crippen LogP contribution is -1.97. The van der Waals surface area contributed by atoms with Gasteiger partial charge in [-0.25, -0.2) is 4.39 Å². The molecule has 0 atom stereocenters. The number of methoxy groups -OCH3 is 1. The van der Waals surface area contributed by atoms with Crippen LogP contribution in [0.3, 0.4) is 0 Å². The molecule has 4 heteroatoms. The molecule has 0 fully saturated rings. The van der Waals surface area contributed by atoms with Crippen LogP contribution < -0.4 is 10.5 Å². The molecule has 0 amide bonds. The van der Waals surface area contributed by atoms with E-state index in [2.05, 4.69) is 4.98 Å². The molecule has 0 saturated heterocycles. The zero-order valence-electron chi connectivity index (χ0n) is 9.48. The summed E-state index contributed by atoms with van der Waals surface area (Å²) in [5, 5.41) is 0. The lowest BCUT2D eigenvalue weighted by atomic mass is 10.0. The molecule has 1 heterocycles. The summed E-state index contributed by atoms with van der Waals surface area (Å²) in [4.78, 5) is 4.00. The van der Waals surface area contributed by atoms with E-state index in [0.29, 0.717) is 23.4 Å². The maximum atomic E-state index is 13.8. The van der Waals surface area contributed by atoms with Crippen LogP contribution in [-0.2, 0) is 6.54 Å². The van der Waals surface area contributed by atoms with E-state index < -0.39 is 0 Å². The molecule has 1 aromatic heterocycles. The number of aromatic nitrogens is 1. The molecule has 0 unspecified atom stereocenters. The molecule has 17 heavy (non-hydrogen) atoms. The molecule has 2 rings (SSSR count). The zero-order chi connectivity index (χ0) is 12.3. The van der Waals surface area contributed by atoms with Gasteiger partial charge in [-0.1, -0.05) is 12.1 Å². The van der Waals surface area contributed by atoms with Gasteiger partial charge in [0, 0.05) is 23.9 Å². The molecule has 0 radical (unpaired) electrons. The number of pyridine rings is 1. The average Bonchev–Trinajstić information content (AvgIpc) is 2.38. The summed E-state index contributed by atoms with van der Waals surface area (Å²) in [6, 6.07) is 6.69. The second-order valence-electron chi connectivity index (χ2n) is 3.63. The van der Waals surface area contributed by atoms with Crippen molar-refractivity contribution in [2.75, 3.05) is 7.11 Å². The monoisotopic (exact) mass is 232 g/mol. The number of benzene rings is 1. The van der Waals surface area contributed by atoms with E-state index in [1.54, 1.807) is 37.7 Å². The van der Waals surface area contributed by atoms with Gasteiger partial charge in [-0.3, -0.25) is 4.98 Å². The van der Waals surface area contributed by atoms with Gasteiger partial charge in [-0.15, -0.1) is 0 Å². The van der Waals surface area contributed by atoms with Crippen LogP contribution in [0, 0.1) is 5.82 Å². The number of halogens is 1. The van der Waals surface area contributed by atoms with E-state index in [1.165, 1.54) is 6.07 Å². The topological polar surface area (TPSA) is 48.1 Å². The highest BCUT2D eigenvalue weighted by atomic mass is 19.1. The summed E-state index contributed by atoms with van der Waals surface area (Å²) >= 11 is 0. The molecule has 2 aromatic rings. The predicted octanol–water partition coefficient (Wildman–Crippen LogP) is 2.36. The SMILES string of the molecule is COc1cncc(-c2ccc(CN)cc2F)c1. The fraction of sp³-hybridized carbons (Fsp3) is 0.154. The molecule has 0 aliphatic carbocycles. The van der Waals surface area contributed by atoms with E-state index in [4.69, 9.17) is 10.5 Å². The van der Waals surface area contributed by atoms with Crippen molar-refractivity contribution in [2.45, 2.75) is 6.54 Å². The Balaban J connectivity index is 2.45. The van der Waals surface area contributed by atoms with Crippen molar-refractivity contribution in [3.8, 4) is 16.9 Å². The van der Waals surface area contributed by atoms with Crippen molar-refractivity contribution in [3.05, 3.63) is 48.0 Å². The quantitative estimate of drug-likeness (QED) is 0.883. The number of hydrogen-bond acceptors (Lipinski definition) is 3. The van der Waals surface area contributed by atoms with Gasteiger partial charge in [0.05, 0.1) is 13.3 Å². The Hall–Kier alpha value is -1.94. The van der Waals surface area contributed by atoms with Gasteiger partial charge in [0.25, 0.3) is 0 Å². The first kappa shape index (κ1) is 11.5. The van der Waals surface area contributed by atoms with Gasteiger partial charge >= 0.3 is 0 Å². The van der Waals surface area contributed by atoms with Crippen molar-refractivity contribution in [3.63, 3.8) is 0 Å². The Morgan fingerprint density at radius 2 is 2.12 bits per heavy atom. The van der Waals surface area contributed by atoms with E-state index in [0.717, 1.165) is 5.56 Å². The summed E-state index contributed by atoms with van der Waals surface area (Å²) < 4.78 is 18.9. The first-order valence-corrected chi connectivity index (χ1v) is 5.22. The summed E-state index contributed by atoms with van der Waals surface area (Å²) in [5.74, 6) is 0.299. The van der Waals surface area contributed by atoms with Crippen molar-refractivity contribution < 1.29 is 9.13 Å². The number of rotatable bonds is 3. The lowest BCUT2D eigenvalue weighted by molar-refractivity contribution is 0.413. The first-order valence-electron chi connectivity index (χ1n) is 5.22. The van der Waals surface area contributed by atoms with E-state index in [-0.39, 0.29) is 5.82 Å². The number of ether oxygens (including phenoxy) is 1. The van der Waals surface area contributed by atoms with E-state index in [9.17, 15) is 4.39 Å². The predicted molar refractivity (Wildman–Crippen MR) is 64.1 cm³/mol. The van der Waals surface area contributed by atoms with Crippen LogP contribution in [0.4, 0.5) is 4.39 Å². The summed E-state index contributed by atoms with van der Waals surface area (Å²) in [6.45, 7) is 0.327. The minimum atomic E-state index is -0.303. The fourth-order valence-electron chi connectivity index (χ4n) is 1.60. The van der Waals surface area contributed by atoms with Gasteiger partial charge < -0.3 is 10.5 Å². The maximum absolute atomic E-state index is 13.8. The Labute approximate surface area is 99.1 Å². The van der Waals surface area contributed by atoms with Crippen LogP contribution in [0.25, 0.3) is 11.1 Å². The molecule has 0 spiro atoms. The largest absolute Gasteiger partial charge is 0.495 e. The molecule has 0 saturated carbocycles. The number of nitrogens with two attached hydrogens (primary N) is 1. The summed E-state index contributed by atoms with van der Waals surface area (Å²) in [7, 11) is 1.55. The van der Waals surface area contributed by atoms with Crippen LogP contribution in [0.15, 0.2) is 36.7 Å². The lowest BCUT2D eigenvalue weighted by Gasteiger charge is -2.06. The second-order valence-corrected chi connectivity index (χ2v) is 3.63. The standard InChI is InChI=1S/C13H13FN2O/c1-17-11-5-10(7-16-8-11)12-3-2-9(6-15)4-13(12)14/h2-5,7-8H,6,15H2,1H3. The Bertz CT molecular complexity index is 529. The van der Waals surface area contributed by atoms with Gasteiger partial charge in [-0.2, -0.15) is 0 Å². The Morgan fingerprint density at radius 1 is 1.29 bits per heavy atom. The van der Waals surface area contributed by atoms with Crippen molar-refractivity contribution in [1.82, 2.24) is 4.98 Å². The third kappa shape index (κ3) is 2.42. The summed E-state index contributed by atoms with van der Waals surface area (Å²) in [5.41, 5.74) is 7.40. The van der Waals surface area contributed by atoms with Crippen LogP contribution in [0.5, 0.6) is 5.75 Å². The number of nitrogens with zero attached hydrogens (tertiary/aromatic N) is 1. The smallest absolute Gasteiger partial charge is 0.137 e. The molecule has 0 bridgehead atoms. The van der Waals surface area contributed by atoms with Crippen molar-refractivity contribution >= 4 is 0 Å². The van der Waals surface area contributed by atoms with Crippen LogP contribution in [0.1, 0.15) is 5.56 Å². The summed E-state index contributed by atoms with van der Waals surface area (Å²) in [6.07, 6.45) is 3.18. The Kier molecular flexibility index (Phi) is 3.35. The molecule has 0 aliphatic rings. The van der Waals surface area contributed by atoms with Crippen molar-refractivity contribution in [2.24, 2.45) is 5.73 Å². The van der Waals surface area contributed by atoms with Gasteiger partial charge in [-0.05, 0) is 17.7 Å². The van der Waals surface area contributed by atoms with Gasteiger partial charge in [0.2, 0.25) is 0 Å². The highest BCUT2D eigenvalue weighted by Gasteiger charge is 2.07. The molecule has 2 N–H and O–H groups in total. The van der Waals surface area contributed by atoms with Crippen LogP contribution >= 0.6 is 0 Å². The highest BCUT2D eigenvalue weighted by Crippen LogP contribution is 2.25. The van der Waals surface area contributed by atoms with E-state index >= 15 is 0 Å². The average molecular weight is 232 g/mol. The zero-order valence-corrected chi connectivity index (χ0v) is 9.48. The first-order chi connectivity index (χ1) is 8.24. The second kappa shape index (κ2) is 4.93. The van der Waals surface area contributed by atoms with Crippen molar-refractivity contribution in [1.29, 1.82) is 0 Å². The van der Waals surface area contributed by atoms with Crippen LogP contribution in [-0.4, -0.2) is 12.1 Å². The molecule has 88 valence electrons. The molecule has 0 aliphatic heterocycles. The van der Waals surface area contributed by atoms with Gasteiger partial charge in [0.1, 0.15) is 11.6 Å². The van der Waals surface area contributed by atoms with E-state index in [1.807, 2.05) is 0 Å². The highest BCUT2D eigenvalue weighted by molar-refractivity contribution is 5.64. The molecular formula is C13H13FN2O. The number of hydrogen-bond donors (Lipinski definition) is 1. The molecule has 1 aromatic carbocycles. The minimum Gasteiger partial charge on any atom is -0.495 e. The molecular weight excluding hydrogens is 219 g/mol. The third-order valence-electron chi connectivity index (χ3n) is 2.53. The maximum Gasteiger partial charge on any atom is 0.137 e. The molecule has 3 nitrogen and oxygen atoms in total. The fourth-order valence-corrected chi connectivity index (χ4v) is 1.60. The third-order valence-corrected chi connectivity index (χ3v) is 2.53. The Morgan fingerprint density at radius 3 is 2.76 bits per heavy atom. The van der Waals surface area contributed by atoms with Gasteiger partial charge in [0.15, 0.2) is 0 Å². The normalized spacial score (nSPS) is 10.3. The van der Waals surface area contributed by atoms with Crippen LogP contribution in [0.2, 0.25) is 0 Å². The minimum absolute atomic E-state index is 0.303.